The van der Waals surface area contributed by atoms with Crippen molar-refractivity contribution in [3.63, 3.8) is 0 Å². The summed E-state index contributed by atoms with van der Waals surface area (Å²) >= 11 is 0. The minimum absolute atomic E-state index is 0.678. The second-order valence-electron chi connectivity index (χ2n) is 16.0. The average molecular weight is 815 g/mol. The molecule has 0 unspecified atom stereocenters. The summed E-state index contributed by atoms with van der Waals surface area (Å²) in [7, 11) is 0. The first-order valence-corrected chi connectivity index (χ1v) is 21.8. The summed E-state index contributed by atoms with van der Waals surface area (Å²) in [6.07, 6.45) is 0. The smallest absolute Gasteiger partial charge is 0.160 e. The molecule has 2 heteroatoms. The van der Waals surface area contributed by atoms with Gasteiger partial charge in [-0.15, -0.1) is 0 Å². The molecule has 0 bridgehead atoms. The van der Waals surface area contributed by atoms with Crippen molar-refractivity contribution in [3.05, 3.63) is 255 Å². The molecule has 300 valence electrons. The Morgan fingerprint density at radius 1 is 0.219 bits per heavy atom. The maximum Gasteiger partial charge on any atom is 0.160 e. The van der Waals surface area contributed by atoms with Crippen LogP contribution < -0.4 is 0 Å². The molecule has 0 amide bonds. The van der Waals surface area contributed by atoms with E-state index in [1.165, 1.54) is 33.2 Å². The highest BCUT2D eigenvalue weighted by Gasteiger charge is 2.29. The van der Waals surface area contributed by atoms with Gasteiger partial charge in [0.1, 0.15) is 0 Å². The molecule has 0 fully saturated rings. The molecule has 0 aliphatic carbocycles. The quantitative estimate of drug-likeness (QED) is 0.145. The van der Waals surface area contributed by atoms with Crippen LogP contribution >= 0.6 is 0 Å². The molecule has 0 saturated carbocycles. The van der Waals surface area contributed by atoms with Crippen molar-refractivity contribution in [1.82, 2.24) is 9.97 Å². The Balaban J connectivity index is 1.22. The number of fused-ring (bicyclic) bond motifs is 1. The number of aromatic nitrogens is 2. The molecule has 1 aromatic heterocycles. The van der Waals surface area contributed by atoms with E-state index in [9.17, 15) is 0 Å². The lowest BCUT2D eigenvalue weighted by Gasteiger charge is -2.28. The molecule has 1 heterocycles. The van der Waals surface area contributed by atoms with E-state index in [0.29, 0.717) is 5.82 Å². The zero-order chi connectivity index (χ0) is 42.7. The first kappa shape index (κ1) is 38.5. The monoisotopic (exact) mass is 814 g/mol. The maximum absolute atomic E-state index is 5.32. The number of hydrogen-bond acceptors (Lipinski definition) is 2. The Morgan fingerprint density at radius 3 is 0.953 bits per heavy atom. The van der Waals surface area contributed by atoms with Gasteiger partial charge in [0.2, 0.25) is 0 Å². The Labute approximate surface area is 374 Å². The van der Waals surface area contributed by atoms with E-state index in [1.54, 1.807) is 0 Å². The van der Waals surface area contributed by atoms with Crippen LogP contribution in [0.3, 0.4) is 0 Å². The van der Waals surface area contributed by atoms with Crippen LogP contribution in [0.4, 0.5) is 0 Å². The summed E-state index contributed by atoms with van der Waals surface area (Å²) in [5, 5.41) is 2.34. The van der Waals surface area contributed by atoms with Gasteiger partial charge in [-0.25, -0.2) is 9.97 Å². The third kappa shape index (κ3) is 7.27. The highest BCUT2D eigenvalue weighted by Crippen LogP contribution is 2.56. The number of benzene rings is 10. The number of rotatable bonds is 9. The third-order valence-electron chi connectivity index (χ3n) is 12.1. The zero-order valence-electron chi connectivity index (χ0n) is 35.1. The van der Waals surface area contributed by atoms with Gasteiger partial charge in [-0.2, -0.15) is 0 Å². The van der Waals surface area contributed by atoms with Crippen molar-refractivity contribution < 1.29 is 0 Å². The SMILES string of the molecule is c1ccc(-c2cc(-c3cccc4ccccc34)nc(-c3ccc(-c4c(-c5ccccc5)c(-c5ccccc5)c(-c5ccccc5)c(-c5ccccc5)c4-c4ccccc4)cc3)n2)cc1. The van der Waals surface area contributed by atoms with E-state index < -0.39 is 0 Å². The van der Waals surface area contributed by atoms with E-state index in [0.717, 1.165) is 72.4 Å². The van der Waals surface area contributed by atoms with E-state index in [1.807, 2.05) is 6.07 Å². The summed E-state index contributed by atoms with van der Waals surface area (Å²) in [4.78, 5) is 10.6. The van der Waals surface area contributed by atoms with Crippen LogP contribution in [0.15, 0.2) is 255 Å². The van der Waals surface area contributed by atoms with Crippen molar-refractivity contribution in [2.45, 2.75) is 0 Å². The Morgan fingerprint density at radius 2 is 0.531 bits per heavy atom. The van der Waals surface area contributed by atoms with Crippen LogP contribution in [0.1, 0.15) is 0 Å². The number of nitrogens with zero attached hydrogens (tertiary/aromatic N) is 2. The van der Waals surface area contributed by atoms with Gasteiger partial charge >= 0.3 is 0 Å². The van der Waals surface area contributed by atoms with Gasteiger partial charge in [0, 0.05) is 16.7 Å². The molecule has 2 nitrogen and oxygen atoms in total. The molecule has 0 aliphatic heterocycles. The average Bonchev–Trinajstić information content (AvgIpc) is 3.39. The molecule has 11 aromatic rings. The standard InChI is InChI=1S/C62H42N2/c1-7-23-44(24-8-1)54-42-55(53-37-21-35-43-22-19-20-36-52(43)53)64-62(63-54)51-40-38-50(39-41-51)61-59(48-31-15-5-16-32-48)57(46-27-11-3-12-28-46)56(45-25-9-2-10-26-45)58(47-29-13-4-14-30-47)60(61)49-33-17-6-18-34-49/h1-42H. The largest absolute Gasteiger partial charge is 0.228 e. The summed E-state index contributed by atoms with van der Waals surface area (Å²) < 4.78 is 0. The molecular formula is C62H42N2. The van der Waals surface area contributed by atoms with Gasteiger partial charge in [-0.3, -0.25) is 0 Å². The highest BCUT2D eigenvalue weighted by atomic mass is 14.9. The predicted octanol–water partition coefficient (Wildman–Crippen LogP) is 16.6. The lowest BCUT2D eigenvalue weighted by atomic mass is 9.74. The van der Waals surface area contributed by atoms with Crippen LogP contribution in [0.25, 0.3) is 111 Å². The fourth-order valence-electron chi connectivity index (χ4n) is 9.21. The van der Waals surface area contributed by atoms with Gasteiger partial charge in [-0.05, 0) is 83.6 Å². The summed E-state index contributed by atoms with van der Waals surface area (Å²) in [5.41, 5.74) is 18.8. The summed E-state index contributed by atoms with van der Waals surface area (Å²) in [6.45, 7) is 0. The van der Waals surface area contributed by atoms with Crippen molar-refractivity contribution in [1.29, 1.82) is 0 Å². The Bertz CT molecular complexity index is 3260. The summed E-state index contributed by atoms with van der Waals surface area (Å²) in [5.74, 6) is 0.678. The molecule has 0 aliphatic rings. The van der Waals surface area contributed by atoms with Gasteiger partial charge in [0.15, 0.2) is 5.82 Å². The first-order chi connectivity index (χ1) is 31.8. The van der Waals surface area contributed by atoms with Crippen LogP contribution in [0, 0.1) is 0 Å². The molecule has 0 spiro atoms. The van der Waals surface area contributed by atoms with Crippen molar-refractivity contribution in [3.8, 4) is 101 Å². The molecule has 0 radical (unpaired) electrons. The van der Waals surface area contributed by atoms with Crippen molar-refractivity contribution in [2.24, 2.45) is 0 Å². The maximum atomic E-state index is 5.32. The fourth-order valence-corrected chi connectivity index (χ4v) is 9.21. The first-order valence-electron chi connectivity index (χ1n) is 21.8. The lowest BCUT2D eigenvalue weighted by molar-refractivity contribution is 1.18. The van der Waals surface area contributed by atoms with Crippen LogP contribution in [-0.2, 0) is 0 Å². The van der Waals surface area contributed by atoms with Gasteiger partial charge in [0.25, 0.3) is 0 Å². The highest BCUT2D eigenvalue weighted by molar-refractivity contribution is 6.15. The molecule has 0 N–H and O–H groups in total. The van der Waals surface area contributed by atoms with Crippen LogP contribution in [0.2, 0.25) is 0 Å². The van der Waals surface area contributed by atoms with Gasteiger partial charge in [0.05, 0.1) is 11.4 Å². The molecule has 0 atom stereocenters. The van der Waals surface area contributed by atoms with E-state index in [-0.39, 0.29) is 0 Å². The number of hydrogen-bond donors (Lipinski definition) is 0. The van der Waals surface area contributed by atoms with Gasteiger partial charge in [-0.1, -0.05) is 249 Å². The van der Waals surface area contributed by atoms with Crippen LogP contribution in [-0.4, -0.2) is 9.97 Å². The zero-order valence-corrected chi connectivity index (χ0v) is 35.1. The Hall–Kier alpha value is -8.46. The topological polar surface area (TPSA) is 25.8 Å². The molecule has 0 saturated heterocycles. The van der Waals surface area contributed by atoms with E-state index in [4.69, 9.17) is 9.97 Å². The second kappa shape index (κ2) is 17.1. The lowest BCUT2D eigenvalue weighted by Crippen LogP contribution is -2.02. The normalized spacial score (nSPS) is 11.1. The van der Waals surface area contributed by atoms with E-state index in [2.05, 4.69) is 249 Å². The molecular weight excluding hydrogens is 773 g/mol. The van der Waals surface area contributed by atoms with Gasteiger partial charge < -0.3 is 0 Å². The molecule has 64 heavy (non-hydrogen) atoms. The molecule has 10 aromatic carbocycles. The second-order valence-corrected chi connectivity index (χ2v) is 16.0. The minimum Gasteiger partial charge on any atom is -0.228 e. The van der Waals surface area contributed by atoms with Crippen molar-refractivity contribution in [2.75, 3.05) is 0 Å². The fraction of sp³-hybridized carbons (Fsp3) is 0. The van der Waals surface area contributed by atoms with Crippen LogP contribution in [0.5, 0.6) is 0 Å². The third-order valence-corrected chi connectivity index (χ3v) is 12.1. The Kier molecular flexibility index (Phi) is 10.3. The summed E-state index contributed by atoms with van der Waals surface area (Å²) in [6, 6.07) is 90.9. The van der Waals surface area contributed by atoms with Crippen molar-refractivity contribution >= 4 is 10.8 Å². The van der Waals surface area contributed by atoms with E-state index >= 15 is 0 Å². The predicted molar refractivity (Wildman–Crippen MR) is 268 cm³/mol. The molecule has 11 rings (SSSR count). The minimum atomic E-state index is 0.678.